The molecule has 24 heavy (non-hydrogen) atoms. The number of ether oxygens (including phenoxy) is 1. The second-order valence-electron chi connectivity index (χ2n) is 7.13. The molecular weight excluding hydrogens is 320 g/mol. The van der Waals surface area contributed by atoms with Crippen LogP contribution < -0.4 is 0 Å². The van der Waals surface area contributed by atoms with Crippen LogP contribution in [0.25, 0.3) is 0 Å². The molecule has 0 aliphatic heterocycles. The van der Waals surface area contributed by atoms with E-state index in [0.29, 0.717) is 11.9 Å². The Morgan fingerprint density at radius 2 is 1.58 bits per heavy atom. The molecule has 0 rings (SSSR count). The summed E-state index contributed by atoms with van der Waals surface area (Å²) in [5.74, 6) is 1.48. The molecule has 3 nitrogen and oxygen atoms in total. The van der Waals surface area contributed by atoms with E-state index in [1.165, 1.54) is 64.2 Å². The van der Waals surface area contributed by atoms with E-state index < -0.39 is 12.6 Å². The zero-order chi connectivity index (χ0) is 18.0. The van der Waals surface area contributed by atoms with Gasteiger partial charge in [-0.25, -0.2) is 4.79 Å². The molecule has 0 aromatic rings. The van der Waals surface area contributed by atoms with Crippen molar-refractivity contribution in [1.82, 2.24) is 0 Å². The fourth-order valence-electron chi connectivity index (χ4n) is 2.68. The highest BCUT2D eigenvalue weighted by atomic mass is 32.2. The van der Waals surface area contributed by atoms with Gasteiger partial charge in [0.25, 0.3) is 0 Å². The SMILES string of the molecule is CCCCCCC(COC(=O)CO)SCCCCCCCC(C)C. The molecular formula is C20H40O3S. The van der Waals surface area contributed by atoms with Gasteiger partial charge in [-0.3, -0.25) is 0 Å². The Bertz CT molecular complexity index is 282. The first-order valence-corrected chi connectivity index (χ1v) is 11.0. The van der Waals surface area contributed by atoms with Gasteiger partial charge in [-0.05, 0) is 24.5 Å². The maximum atomic E-state index is 11.1. The molecule has 0 aromatic carbocycles. The van der Waals surface area contributed by atoms with E-state index in [0.717, 1.165) is 18.1 Å². The Morgan fingerprint density at radius 1 is 0.958 bits per heavy atom. The summed E-state index contributed by atoms with van der Waals surface area (Å²) in [5.41, 5.74) is 0. The summed E-state index contributed by atoms with van der Waals surface area (Å²) in [5, 5.41) is 9.15. The Labute approximate surface area is 154 Å². The fourth-order valence-corrected chi connectivity index (χ4v) is 3.88. The minimum Gasteiger partial charge on any atom is -0.463 e. The van der Waals surface area contributed by atoms with Crippen LogP contribution in [0.5, 0.6) is 0 Å². The highest BCUT2D eigenvalue weighted by Gasteiger charge is 2.12. The first kappa shape index (κ1) is 23.8. The minimum absolute atomic E-state index is 0.387. The summed E-state index contributed by atoms with van der Waals surface area (Å²) < 4.78 is 5.13. The van der Waals surface area contributed by atoms with Gasteiger partial charge >= 0.3 is 5.97 Å². The topological polar surface area (TPSA) is 46.5 Å². The Hall–Kier alpha value is -0.220. The van der Waals surface area contributed by atoms with E-state index in [4.69, 9.17) is 9.84 Å². The van der Waals surface area contributed by atoms with Gasteiger partial charge in [-0.15, -0.1) is 0 Å². The predicted octanol–water partition coefficient (Wildman–Crippen LogP) is 5.59. The molecule has 0 fully saturated rings. The summed E-state index contributed by atoms with van der Waals surface area (Å²) in [6.45, 7) is 6.74. The summed E-state index contributed by atoms with van der Waals surface area (Å²) in [7, 11) is 0. The zero-order valence-electron chi connectivity index (χ0n) is 16.2. The summed E-state index contributed by atoms with van der Waals surface area (Å²) >= 11 is 1.94. The normalized spacial score (nSPS) is 12.5. The number of thioether (sulfide) groups is 1. The monoisotopic (exact) mass is 360 g/mol. The quantitative estimate of drug-likeness (QED) is 0.271. The fraction of sp³-hybridized carbons (Fsp3) is 0.950. The number of unbranched alkanes of at least 4 members (excludes halogenated alkanes) is 7. The van der Waals surface area contributed by atoms with Gasteiger partial charge in [0.1, 0.15) is 13.2 Å². The Balaban J connectivity index is 3.75. The van der Waals surface area contributed by atoms with Gasteiger partial charge < -0.3 is 9.84 Å². The predicted molar refractivity (Wildman–Crippen MR) is 106 cm³/mol. The van der Waals surface area contributed by atoms with Crippen LogP contribution in [0, 0.1) is 5.92 Å². The minimum atomic E-state index is -0.510. The number of carbonyl (C=O) groups is 1. The Kier molecular flexibility index (Phi) is 17.4. The number of aliphatic hydroxyl groups excluding tert-OH is 1. The van der Waals surface area contributed by atoms with Gasteiger partial charge in [-0.1, -0.05) is 78.6 Å². The van der Waals surface area contributed by atoms with Crippen LogP contribution in [-0.4, -0.2) is 35.3 Å². The van der Waals surface area contributed by atoms with Crippen molar-refractivity contribution >= 4 is 17.7 Å². The molecule has 144 valence electrons. The highest BCUT2D eigenvalue weighted by Crippen LogP contribution is 2.21. The Morgan fingerprint density at radius 3 is 2.25 bits per heavy atom. The third kappa shape index (κ3) is 16.6. The maximum absolute atomic E-state index is 11.1. The first-order valence-electron chi connectivity index (χ1n) is 9.98. The molecule has 0 aliphatic rings. The van der Waals surface area contributed by atoms with Crippen molar-refractivity contribution in [3.05, 3.63) is 0 Å². The lowest BCUT2D eigenvalue weighted by Crippen LogP contribution is -2.18. The zero-order valence-corrected chi connectivity index (χ0v) is 17.0. The number of rotatable bonds is 17. The number of aliphatic hydroxyl groups is 1. The van der Waals surface area contributed by atoms with Crippen molar-refractivity contribution < 1.29 is 14.6 Å². The van der Waals surface area contributed by atoms with E-state index in [-0.39, 0.29) is 0 Å². The summed E-state index contributed by atoms with van der Waals surface area (Å²) in [6.07, 6.45) is 14.1. The van der Waals surface area contributed by atoms with Crippen LogP contribution in [0.3, 0.4) is 0 Å². The van der Waals surface area contributed by atoms with Gasteiger partial charge in [0, 0.05) is 5.25 Å². The third-order valence-corrected chi connectivity index (χ3v) is 5.59. The van der Waals surface area contributed by atoms with E-state index in [1.54, 1.807) is 0 Å². The van der Waals surface area contributed by atoms with E-state index >= 15 is 0 Å². The third-order valence-electron chi connectivity index (χ3n) is 4.22. The van der Waals surface area contributed by atoms with Gasteiger partial charge in [-0.2, -0.15) is 11.8 Å². The first-order chi connectivity index (χ1) is 11.6. The van der Waals surface area contributed by atoms with Crippen LogP contribution in [0.4, 0.5) is 0 Å². The van der Waals surface area contributed by atoms with Crippen LogP contribution in [-0.2, 0) is 9.53 Å². The number of carbonyl (C=O) groups excluding carboxylic acids is 1. The van der Waals surface area contributed by atoms with Crippen molar-refractivity contribution in [3.8, 4) is 0 Å². The van der Waals surface area contributed by atoms with Crippen molar-refractivity contribution in [2.24, 2.45) is 5.92 Å². The molecule has 0 saturated carbocycles. The smallest absolute Gasteiger partial charge is 0.331 e. The van der Waals surface area contributed by atoms with Gasteiger partial charge in [0.2, 0.25) is 0 Å². The number of esters is 1. The van der Waals surface area contributed by atoms with Crippen molar-refractivity contribution in [3.63, 3.8) is 0 Å². The lowest BCUT2D eigenvalue weighted by molar-refractivity contribution is -0.146. The van der Waals surface area contributed by atoms with E-state index in [9.17, 15) is 4.79 Å². The molecule has 0 aliphatic carbocycles. The average molecular weight is 361 g/mol. The van der Waals surface area contributed by atoms with Crippen LogP contribution >= 0.6 is 11.8 Å². The lowest BCUT2D eigenvalue weighted by atomic mass is 10.0. The molecule has 0 heterocycles. The van der Waals surface area contributed by atoms with E-state index in [1.807, 2.05) is 11.8 Å². The highest BCUT2D eigenvalue weighted by molar-refractivity contribution is 7.99. The number of hydrogen-bond acceptors (Lipinski definition) is 4. The average Bonchev–Trinajstić information content (AvgIpc) is 2.57. The molecule has 1 N–H and O–H groups in total. The molecule has 1 atom stereocenters. The molecule has 1 unspecified atom stereocenters. The number of hydrogen-bond donors (Lipinski definition) is 1. The largest absolute Gasteiger partial charge is 0.463 e. The summed E-state index contributed by atoms with van der Waals surface area (Å²) in [4.78, 5) is 11.1. The summed E-state index contributed by atoms with van der Waals surface area (Å²) in [6, 6.07) is 0. The second kappa shape index (κ2) is 17.6. The van der Waals surface area contributed by atoms with Crippen molar-refractivity contribution in [1.29, 1.82) is 0 Å². The van der Waals surface area contributed by atoms with Crippen molar-refractivity contribution in [2.45, 2.75) is 96.7 Å². The molecule has 0 aromatic heterocycles. The van der Waals surface area contributed by atoms with Gasteiger partial charge in [0.05, 0.1) is 0 Å². The molecule has 0 radical (unpaired) electrons. The molecule has 0 amide bonds. The van der Waals surface area contributed by atoms with Gasteiger partial charge in [0.15, 0.2) is 0 Å². The second-order valence-corrected chi connectivity index (χ2v) is 8.54. The lowest BCUT2D eigenvalue weighted by Gasteiger charge is -2.16. The molecule has 0 spiro atoms. The molecule has 0 saturated heterocycles. The molecule has 4 heteroatoms. The maximum Gasteiger partial charge on any atom is 0.331 e. The van der Waals surface area contributed by atoms with Crippen LogP contribution in [0.15, 0.2) is 0 Å². The van der Waals surface area contributed by atoms with Crippen molar-refractivity contribution in [2.75, 3.05) is 19.0 Å². The van der Waals surface area contributed by atoms with Crippen LogP contribution in [0.2, 0.25) is 0 Å². The molecule has 0 bridgehead atoms. The van der Waals surface area contributed by atoms with Crippen LogP contribution in [0.1, 0.15) is 91.4 Å². The van der Waals surface area contributed by atoms with E-state index in [2.05, 4.69) is 20.8 Å². The standard InChI is InChI=1S/C20H40O3S/c1-4-5-6-11-14-19(17-23-20(22)16-21)24-15-12-9-7-8-10-13-18(2)3/h18-19,21H,4-17H2,1-3H3.